The number of anilines is 2. The van der Waals surface area contributed by atoms with Crippen LogP contribution in [0.25, 0.3) is 0 Å². The molecule has 1 aliphatic heterocycles. The summed E-state index contributed by atoms with van der Waals surface area (Å²) in [6, 6.07) is 7.94. The first-order chi connectivity index (χ1) is 14.2. The summed E-state index contributed by atoms with van der Waals surface area (Å²) in [7, 11) is -2.13. The van der Waals surface area contributed by atoms with Crippen LogP contribution in [-0.4, -0.2) is 51.2 Å². The number of hydrogen-bond donors (Lipinski definition) is 2. The first-order valence-electron chi connectivity index (χ1n) is 9.02. The lowest BCUT2D eigenvalue weighted by Crippen LogP contribution is -2.40. The van der Waals surface area contributed by atoms with Crippen molar-refractivity contribution in [3.8, 4) is 5.75 Å². The molecule has 1 saturated heterocycles. The van der Waals surface area contributed by atoms with Gasteiger partial charge in [0.05, 0.1) is 41.6 Å². The molecule has 0 aliphatic carbocycles. The summed E-state index contributed by atoms with van der Waals surface area (Å²) in [5.41, 5.74) is 1.83. The summed E-state index contributed by atoms with van der Waals surface area (Å²) in [5.74, 6) is 0.518. The highest BCUT2D eigenvalue weighted by molar-refractivity contribution is 7.89. The second-order valence-corrected chi connectivity index (χ2v) is 9.70. The molecule has 0 bridgehead atoms. The zero-order valence-electron chi connectivity index (χ0n) is 16.4. The van der Waals surface area contributed by atoms with Crippen LogP contribution in [-0.2, 0) is 14.8 Å². The number of thiocarbonyl (C=S) groups is 1. The van der Waals surface area contributed by atoms with Gasteiger partial charge in [-0.3, -0.25) is 0 Å². The summed E-state index contributed by atoms with van der Waals surface area (Å²) in [6.45, 7) is 3.22. The van der Waals surface area contributed by atoms with Crippen molar-refractivity contribution in [3.63, 3.8) is 0 Å². The fourth-order valence-corrected chi connectivity index (χ4v) is 4.88. The Labute approximate surface area is 191 Å². The van der Waals surface area contributed by atoms with E-state index in [9.17, 15) is 8.42 Å². The number of hydrogen-bond acceptors (Lipinski definition) is 5. The molecule has 0 saturated carbocycles. The van der Waals surface area contributed by atoms with Gasteiger partial charge < -0.3 is 20.1 Å². The van der Waals surface area contributed by atoms with Crippen LogP contribution in [0.5, 0.6) is 5.75 Å². The maximum absolute atomic E-state index is 12.9. The van der Waals surface area contributed by atoms with Crippen LogP contribution < -0.4 is 15.4 Å². The molecule has 0 atom stereocenters. The fourth-order valence-electron chi connectivity index (χ4n) is 2.90. The molecular formula is C19H21Cl2N3O4S2. The first kappa shape index (κ1) is 23.1. The molecule has 11 heteroatoms. The van der Waals surface area contributed by atoms with E-state index in [1.807, 2.05) is 6.92 Å². The average molecular weight is 490 g/mol. The van der Waals surface area contributed by atoms with E-state index in [1.165, 1.54) is 29.6 Å². The Morgan fingerprint density at radius 3 is 2.43 bits per heavy atom. The lowest BCUT2D eigenvalue weighted by atomic mass is 10.2. The van der Waals surface area contributed by atoms with E-state index in [1.54, 1.807) is 12.1 Å². The smallest absolute Gasteiger partial charge is 0.243 e. The summed E-state index contributed by atoms with van der Waals surface area (Å²) in [6.07, 6.45) is 0. The van der Waals surface area contributed by atoms with E-state index in [0.717, 1.165) is 5.56 Å². The Bertz CT molecular complexity index is 1060. The highest BCUT2D eigenvalue weighted by atomic mass is 35.5. The number of rotatable bonds is 5. The van der Waals surface area contributed by atoms with Gasteiger partial charge in [-0.2, -0.15) is 4.31 Å². The standard InChI is InChI=1S/C19H21Cl2N3O4S2/c1-12-9-17(18(27-2)11-15(12)21)23-19(29)22-16-10-13(3-4-14(16)20)30(25,26)24-5-7-28-8-6-24/h3-4,9-11H,5-8H2,1-2H3,(H2,22,23,29). The number of benzene rings is 2. The third-order valence-electron chi connectivity index (χ3n) is 4.52. The van der Waals surface area contributed by atoms with Gasteiger partial charge >= 0.3 is 0 Å². The second-order valence-electron chi connectivity index (χ2n) is 6.54. The van der Waals surface area contributed by atoms with Gasteiger partial charge in [0.1, 0.15) is 5.75 Å². The molecule has 30 heavy (non-hydrogen) atoms. The van der Waals surface area contributed by atoms with E-state index in [-0.39, 0.29) is 10.0 Å². The SMILES string of the molecule is COc1cc(Cl)c(C)cc1NC(=S)Nc1cc(S(=O)(=O)N2CCOCC2)ccc1Cl. The minimum atomic E-state index is -3.66. The van der Waals surface area contributed by atoms with E-state index >= 15 is 0 Å². The van der Waals surface area contributed by atoms with Gasteiger partial charge in [0.2, 0.25) is 10.0 Å². The summed E-state index contributed by atoms with van der Waals surface area (Å²) in [5, 5.41) is 7.10. The normalized spacial score (nSPS) is 14.9. The molecule has 0 amide bonds. The Kier molecular flexibility index (Phi) is 7.43. The van der Waals surface area contributed by atoms with Gasteiger partial charge in [-0.25, -0.2) is 8.42 Å². The van der Waals surface area contributed by atoms with Gasteiger partial charge in [-0.15, -0.1) is 0 Å². The van der Waals surface area contributed by atoms with Gasteiger partial charge in [-0.05, 0) is 49.0 Å². The molecular weight excluding hydrogens is 469 g/mol. The van der Waals surface area contributed by atoms with Crippen molar-refractivity contribution in [1.82, 2.24) is 4.31 Å². The fraction of sp³-hybridized carbons (Fsp3) is 0.316. The molecule has 1 fully saturated rings. The van der Waals surface area contributed by atoms with Crippen LogP contribution in [0.3, 0.4) is 0 Å². The van der Waals surface area contributed by atoms with Crippen molar-refractivity contribution in [1.29, 1.82) is 0 Å². The largest absolute Gasteiger partial charge is 0.495 e. The van der Waals surface area contributed by atoms with Gasteiger partial charge in [0.25, 0.3) is 0 Å². The molecule has 0 aromatic heterocycles. The van der Waals surface area contributed by atoms with Crippen molar-refractivity contribution in [3.05, 3.63) is 45.9 Å². The quantitative estimate of drug-likeness (QED) is 0.610. The maximum Gasteiger partial charge on any atom is 0.243 e. The van der Waals surface area contributed by atoms with Gasteiger partial charge in [-0.1, -0.05) is 23.2 Å². The molecule has 0 spiro atoms. The molecule has 0 radical (unpaired) electrons. The van der Waals surface area contributed by atoms with Crippen molar-refractivity contribution in [2.45, 2.75) is 11.8 Å². The number of aryl methyl sites for hydroxylation is 1. The van der Waals surface area contributed by atoms with Crippen LogP contribution in [0.1, 0.15) is 5.56 Å². The van der Waals surface area contributed by atoms with E-state index < -0.39 is 10.0 Å². The molecule has 2 aromatic carbocycles. The number of ether oxygens (including phenoxy) is 2. The molecule has 1 heterocycles. The molecule has 162 valence electrons. The molecule has 2 N–H and O–H groups in total. The zero-order valence-corrected chi connectivity index (χ0v) is 19.5. The number of sulfonamides is 1. The van der Waals surface area contributed by atoms with Crippen LogP contribution in [0.15, 0.2) is 35.2 Å². The summed E-state index contributed by atoms with van der Waals surface area (Å²) < 4.78 is 37.8. The zero-order chi connectivity index (χ0) is 21.9. The van der Waals surface area contributed by atoms with Crippen molar-refractivity contribution >= 4 is 61.9 Å². The minimum absolute atomic E-state index is 0.124. The highest BCUT2D eigenvalue weighted by Crippen LogP contribution is 2.32. The van der Waals surface area contributed by atoms with Crippen LogP contribution in [0.2, 0.25) is 10.0 Å². The Morgan fingerprint density at radius 1 is 1.10 bits per heavy atom. The summed E-state index contributed by atoms with van der Waals surface area (Å²) in [4.78, 5) is 0.124. The van der Waals surface area contributed by atoms with Crippen LogP contribution >= 0.6 is 35.4 Å². The van der Waals surface area contributed by atoms with Crippen molar-refractivity contribution in [2.24, 2.45) is 0 Å². The van der Waals surface area contributed by atoms with Gasteiger partial charge in [0.15, 0.2) is 5.11 Å². The molecule has 2 aromatic rings. The number of halogens is 2. The molecule has 0 unspecified atom stereocenters. The minimum Gasteiger partial charge on any atom is -0.495 e. The van der Waals surface area contributed by atoms with Crippen molar-refractivity contribution < 1.29 is 17.9 Å². The number of nitrogens with zero attached hydrogens (tertiary/aromatic N) is 1. The Hall–Kier alpha value is -1.62. The second kappa shape index (κ2) is 9.67. The lowest BCUT2D eigenvalue weighted by Gasteiger charge is -2.26. The van der Waals surface area contributed by atoms with E-state index in [0.29, 0.717) is 53.5 Å². The Morgan fingerprint density at radius 2 is 1.77 bits per heavy atom. The highest BCUT2D eigenvalue weighted by Gasteiger charge is 2.27. The molecule has 1 aliphatic rings. The number of morpholine rings is 1. The van der Waals surface area contributed by atoms with Gasteiger partial charge in [0, 0.05) is 24.2 Å². The van der Waals surface area contributed by atoms with E-state index in [2.05, 4.69) is 10.6 Å². The van der Waals surface area contributed by atoms with Crippen molar-refractivity contribution in [2.75, 3.05) is 44.0 Å². The number of nitrogens with one attached hydrogen (secondary N) is 2. The first-order valence-corrected chi connectivity index (χ1v) is 11.6. The molecule has 3 rings (SSSR count). The topological polar surface area (TPSA) is 79.9 Å². The Balaban J connectivity index is 1.81. The monoisotopic (exact) mass is 489 g/mol. The van der Waals surface area contributed by atoms with Crippen LogP contribution in [0, 0.1) is 6.92 Å². The maximum atomic E-state index is 12.9. The average Bonchev–Trinajstić information content (AvgIpc) is 2.72. The van der Waals surface area contributed by atoms with Crippen LogP contribution in [0.4, 0.5) is 11.4 Å². The summed E-state index contributed by atoms with van der Waals surface area (Å²) >= 11 is 17.8. The lowest BCUT2D eigenvalue weighted by molar-refractivity contribution is 0.0730. The van der Waals surface area contributed by atoms with E-state index in [4.69, 9.17) is 44.9 Å². The number of methoxy groups -OCH3 is 1. The predicted octanol–water partition coefficient (Wildman–Crippen LogP) is 4.14. The molecule has 7 nitrogen and oxygen atoms in total. The third-order valence-corrected chi connectivity index (χ3v) is 7.36. The predicted molar refractivity (Wildman–Crippen MR) is 124 cm³/mol. The third kappa shape index (κ3) is 5.16.